The first-order valence-corrected chi connectivity index (χ1v) is 7.09. The summed E-state index contributed by atoms with van der Waals surface area (Å²) < 4.78 is 21.6. The Morgan fingerprint density at radius 1 is 1.38 bits per heavy atom. The van der Waals surface area contributed by atoms with Crippen molar-refractivity contribution in [2.75, 3.05) is 52.8 Å². The van der Waals surface area contributed by atoms with Crippen molar-refractivity contribution in [2.24, 2.45) is 0 Å². The maximum absolute atomic E-state index is 11.2. The Balaban J connectivity index is 2.08. The van der Waals surface area contributed by atoms with E-state index in [4.69, 9.17) is 9.26 Å². The topological polar surface area (TPSA) is 38.8 Å². The number of hydrogen-bond donors (Lipinski definition) is 0. The average Bonchev–Trinajstić information content (AvgIpc) is 2.04. The van der Waals surface area contributed by atoms with Gasteiger partial charge in [-0.25, -0.2) is 0 Å². The highest BCUT2D eigenvalue weighted by atomic mass is 31.2. The molecule has 1 rings (SSSR count). The van der Waals surface area contributed by atoms with Crippen LogP contribution >= 0.6 is 7.37 Å². The standard InChI is InChI=1S/C8H18NO3P/c1-13(2,10)12-8-5-9-3-6-11-7-4-9/h3-8H2,1-2H3. The van der Waals surface area contributed by atoms with Crippen LogP contribution in [0.15, 0.2) is 0 Å². The molecule has 0 N–H and O–H groups in total. The third-order valence-corrected chi connectivity index (χ3v) is 2.72. The third-order valence-electron chi connectivity index (χ3n) is 1.91. The monoisotopic (exact) mass is 207 g/mol. The lowest BCUT2D eigenvalue weighted by Gasteiger charge is -2.26. The highest BCUT2D eigenvalue weighted by Crippen LogP contribution is 2.36. The summed E-state index contributed by atoms with van der Waals surface area (Å²) in [5, 5.41) is 0. The second-order valence-corrected chi connectivity index (χ2v) is 6.30. The minimum absolute atomic E-state index is 0.560. The van der Waals surface area contributed by atoms with Crippen LogP contribution in [-0.2, 0) is 13.8 Å². The summed E-state index contributed by atoms with van der Waals surface area (Å²) in [6.45, 7) is 8.23. The molecule has 5 heteroatoms. The lowest BCUT2D eigenvalue weighted by molar-refractivity contribution is 0.0325. The summed E-state index contributed by atoms with van der Waals surface area (Å²) in [6, 6.07) is 0. The number of morpholine rings is 1. The van der Waals surface area contributed by atoms with Crippen molar-refractivity contribution < 1.29 is 13.8 Å². The summed E-state index contributed by atoms with van der Waals surface area (Å²) in [5.41, 5.74) is 0. The fourth-order valence-corrected chi connectivity index (χ4v) is 1.74. The van der Waals surface area contributed by atoms with Gasteiger partial charge in [-0.2, -0.15) is 0 Å². The lowest BCUT2D eigenvalue weighted by Crippen LogP contribution is -2.38. The number of rotatable bonds is 4. The molecule has 0 radical (unpaired) electrons. The van der Waals surface area contributed by atoms with E-state index < -0.39 is 7.37 Å². The van der Waals surface area contributed by atoms with Crippen molar-refractivity contribution in [3.63, 3.8) is 0 Å². The Labute approximate surface area is 79.7 Å². The highest BCUT2D eigenvalue weighted by Gasteiger charge is 2.11. The van der Waals surface area contributed by atoms with Crippen LogP contribution in [-0.4, -0.2) is 57.7 Å². The van der Waals surface area contributed by atoms with Crippen molar-refractivity contribution in [3.8, 4) is 0 Å². The first-order valence-electron chi connectivity index (χ1n) is 4.57. The summed E-state index contributed by atoms with van der Waals surface area (Å²) in [6.07, 6.45) is 0. The summed E-state index contributed by atoms with van der Waals surface area (Å²) in [4.78, 5) is 2.26. The Hall–Kier alpha value is 0.110. The molecule has 1 fully saturated rings. The summed E-state index contributed by atoms with van der Waals surface area (Å²) in [7, 11) is -2.29. The molecule has 1 heterocycles. The van der Waals surface area contributed by atoms with E-state index in [1.807, 2.05) is 0 Å². The smallest absolute Gasteiger partial charge is 0.197 e. The molecule has 13 heavy (non-hydrogen) atoms. The van der Waals surface area contributed by atoms with Gasteiger partial charge >= 0.3 is 0 Å². The van der Waals surface area contributed by atoms with Crippen molar-refractivity contribution in [1.82, 2.24) is 4.90 Å². The van der Waals surface area contributed by atoms with E-state index in [1.54, 1.807) is 13.3 Å². The van der Waals surface area contributed by atoms with E-state index in [9.17, 15) is 4.57 Å². The molecule has 0 aromatic carbocycles. The molecule has 0 bridgehead atoms. The molecule has 0 aromatic rings. The van der Waals surface area contributed by atoms with Gasteiger partial charge in [0.25, 0.3) is 0 Å². The van der Waals surface area contributed by atoms with E-state index in [-0.39, 0.29) is 0 Å². The predicted molar refractivity (Wildman–Crippen MR) is 52.7 cm³/mol. The van der Waals surface area contributed by atoms with E-state index in [1.165, 1.54) is 0 Å². The van der Waals surface area contributed by atoms with Crippen molar-refractivity contribution >= 4 is 7.37 Å². The van der Waals surface area contributed by atoms with Crippen LogP contribution in [0.1, 0.15) is 0 Å². The first-order chi connectivity index (χ1) is 6.08. The largest absolute Gasteiger partial charge is 0.379 e. The van der Waals surface area contributed by atoms with Crippen LogP contribution in [0, 0.1) is 0 Å². The number of ether oxygens (including phenoxy) is 1. The van der Waals surface area contributed by atoms with Crippen LogP contribution in [0.3, 0.4) is 0 Å². The molecule has 0 aromatic heterocycles. The molecular weight excluding hydrogens is 189 g/mol. The quantitative estimate of drug-likeness (QED) is 0.641. The first kappa shape index (κ1) is 11.2. The zero-order valence-electron chi connectivity index (χ0n) is 8.36. The Morgan fingerprint density at radius 2 is 2.00 bits per heavy atom. The van der Waals surface area contributed by atoms with Gasteiger partial charge in [0.05, 0.1) is 19.8 Å². The molecule has 0 aliphatic carbocycles. The maximum Gasteiger partial charge on any atom is 0.197 e. The predicted octanol–water partition coefficient (Wildman–Crippen LogP) is 0.873. The van der Waals surface area contributed by atoms with Crippen LogP contribution < -0.4 is 0 Å². The zero-order valence-corrected chi connectivity index (χ0v) is 9.26. The Morgan fingerprint density at radius 3 is 2.54 bits per heavy atom. The van der Waals surface area contributed by atoms with Gasteiger partial charge in [0.15, 0.2) is 7.37 Å². The van der Waals surface area contributed by atoms with Gasteiger partial charge < -0.3 is 9.26 Å². The van der Waals surface area contributed by atoms with Gasteiger partial charge in [-0.05, 0) is 0 Å². The van der Waals surface area contributed by atoms with E-state index in [0.717, 1.165) is 32.8 Å². The van der Waals surface area contributed by atoms with Crippen LogP contribution in [0.25, 0.3) is 0 Å². The fraction of sp³-hybridized carbons (Fsp3) is 1.00. The molecule has 78 valence electrons. The van der Waals surface area contributed by atoms with Crippen LogP contribution in [0.4, 0.5) is 0 Å². The van der Waals surface area contributed by atoms with Crippen LogP contribution in [0.2, 0.25) is 0 Å². The van der Waals surface area contributed by atoms with Crippen LogP contribution in [0.5, 0.6) is 0 Å². The molecule has 1 aliphatic rings. The highest BCUT2D eigenvalue weighted by molar-refractivity contribution is 7.57. The summed E-state index contributed by atoms with van der Waals surface area (Å²) >= 11 is 0. The van der Waals surface area contributed by atoms with Crippen molar-refractivity contribution in [2.45, 2.75) is 0 Å². The van der Waals surface area contributed by atoms with E-state index in [0.29, 0.717) is 6.61 Å². The minimum atomic E-state index is -2.29. The van der Waals surface area contributed by atoms with Gasteiger partial charge in [0, 0.05) is 33.0 Å². The van der Waals surface area contributed by atoms with E-state index in [2.05, 4.69) is 4.90 Å². The normalized spacial score (nSPS) is 20.5. The van der Waals surface area contributed by atoms with Gasteiger partial charge in [-0.1, -0.05) is 0 Å². The fourth-order valence-electron chi connectivity index (χ4n) is 1.21. The molecule has 0 atom stereocenters. The second-order valence-electron chi connectivity index (χ2n) is 3.54. The van der Waals surface area contributed by atoms with Crippen molar-refractivity contribution in [1.29, 1.82) is 0 Å². The molecule has 0 saturated carbocycles. The van der Waals surface area contributed by atoms with E-state index >= 15 is 0 Å². The SMILES string of the molecule is CP(C)(=O)OCCN1CCOCC1. The lowest BCUT2D eigenvalue weighted by atomic mass is 10.4. The molecule has 0 spiro atoms. The molecule has 0 amide bonds. The second kappa shape index (κ2) is 5.11. The Kier molecular flexibility index (Phi) is 4.39. The van der Waals surface area contributed by atoms with Crippen molar-refractivity contribution in [3.05, 3.63) is 0 Å². The molecular formula is C8H18NO3P. The van der Waals surface area contributed by atoms with Gasteiger partial charge in [0.1, 0.15) is 0 Å². The number of nitrogens with zero attached hydrogens (tertiary/aromatic N) is 1. The van der Waals surface area contributed by atoms with Gasteiger partial charge in [0.2, 0.25) is 0 Å². The maximum atomic E-state index is 11.2. The average molecular weight is 207 g/mol. The summed E-state index contributed by atoms with van der Waals surface area (Å²) in [5.74, 6) is 0. The Bertz CT molecular complexity index is 186. The molecule has 1 saturated heterocycles. The molecule has 1 aliphatic heterocycles. The molecule has 4 nitrogen and oxygen atoms in total. The zero-order chi connectivity index (χ0) is 9.73. The van der Waals surface area contributed by atoms with Gasteiger partial charge in [-0.3, -0.25) is 9.46 Å². The minimum Gasteiger partial charge on any atom is -0.379 e. The number of hydrogen-bond acceptors (Lipinski definition) is 4. The molecule has 0 unspecified atom stereocenters. The van der Waals surface area contributed by atoms with Gasteiger partial charge in [-0.15, -0.1) is 0 Å². The third kappa shape index (κ3) is 5.42.